The topological polar surface area (TPSA) is 163 Å². The molecule has 5 N–H and O–H groups in total. The minimum Gasteiger partial charge on any atom is -0.366 e. The van der Waals surface area contributed by atoms with E-state index in [1.807, 2.05) is 6.92 Å². The second-order valence-corrected chi connectivity index (χ2v) is 10.9. The van der Waals surface area contributed by atoms with E-state index in [4.69, 9.17) is 10.6 Å². The summed E-state index contributed by atoms with van der Waals surface area (Å²) in [6.07, 6.45) is 0.901. The van der Waals surface area contributed by atoms with Gasteiger partial charge in [-0.2, -0.15) is 5.48 Å². The first-order valence-electron chi connectivity index (χ1n) is 10.1. The Bertz CT molecular complexity index is 861. The maximum Gasteiger partial charge on any atom is 0.326 e. The summed E-state index contributed by atoms with van der Waals surface area (Å²) in [7, 11) is -1.94. The summed E-state index contributed by atoms with van der Waals surface area (Å²) in [5.74, 6) is -1.74. The second kappa shape index (κ2) is 7.41. The van der Waals surface area contributed by atoms with Crippen LogP contribution in [0.15, 0.2) is 0 Å². The Morgan fingerprint density at radius 3 is 2.63 bits per heavy atom. The number of urea groups is 1. The summed E-state index contributed by atoms with van der Waals surface area (Å²) < 4.78 is 28.4. The van der Waals surface area contributed by atoms with Gasteiger partial charge in [0.05, 0.1) is 17.7 Å². The number of carbonyl (C=O) groups excluding carboxylic acids is 3. The van der Waals surface area contributed by atoms with Crippen molar-refractivity contribution in [2.24, 2.45) is 11.7 Å². The van der Waals surface area contributed by atoms with E-state index in [9.17, 15) is 22.8 Å². The van der Waals surface area contributed by atoms with E-state index in [0.717, 1.165) is 17.7 Å². The van der Waals surface area contributed by atoms with Crippen molar-refractivity contribution in [3.8, 4) is 0 Å². The Labute approximate surface area is 174 Å². The maximum atomic E-state index is 13.2. The summed E-state index contributed by atoms with van der Waals surface area (Å²) in [6.45, 7) is 1.79. The van der Waals surface area contributed by atoms with Crippen LogP contribution in [0.25, 0.3) is 0 Å². The number of rotatable bonds is 6. The number of carbonyl (C=O) groups is 3. The fourth-order valence-corrected chi connectivity index (χ4v) is 6.42. The molecule has 4 aliphatic rings. The number of amides is 4. The van der Waals surface area contributed by atoms with E-state index in [1.165, 1.54) is 4.90 Å². The van der Waals surface area contributed by atoms with Crippen LogP contribution >= 0.6 is 0 Å². The number of hydrogen-bond acceptors (Lipinski definition) is 8. The molecule has 12 nitrogen and oxygen atoms in total. The number of nitrogens with one attached hydrogen (secondary N) is 3. The molecule has 0 spiro atoms. The van der Waals surface area contributed by atoms with Gasteiger partial charge >= 0.3 is 6.03 Å². The number of hydrogen-bond donors (Lipinski definition) is 4. The molecule has 168 valence electrons. The second-order valence-electron chi connectivity index (χ2n) is 8.90. The van der Waals surface area contributed by atoms with Crippen LogP contribution in [0, 0.1) is 5.92 Å². The molecule has 0 radical (unpaired) electrons. The molecule has 5 unspecified atom stereocenters. The van der Waals surface area contributed by atoms with Gasteiger partial charge in [-0.1, -0.05) is 0 Å². The Kier molecular flexibility index (Phi) is 5.29. The van der Waals surface area contributed by atoms with E-state index in [0.29, 0.717) is 12.8 Å². The van der Waals surface area contributed by atoms with Crippen LogP contribution in [0.1, 0.15) is 39.0 Å². The molecule has 4 amide bonds. The van der Waals surface area contributed by atoms with Crippen LogP contribution in [-0.4, -0.2) is 78.9 Å². The highest BCUT2D eigenvalue weighted by Gasteiger charge is 2.51. The van der Waals surface area contributed by atoms with Crippen LogP contribution in [0.5, 0.6) is 0 Å². The van der Waals surface area contributed by atoms with E-state index in [-0.39, 0.29) is 24.5 Å². The number of nitrogens with two attached hydrogens (primary N) is 1. The van der Waals surface area contributed by atoms with Gasteiger partial charge in [0.25, 0.3) is 5.91 Å². The number of imide groups is 1. The quantitative estimate of drug-likeness (QED) is 0.371. The molecule has 0 bridgehead atoms. The molecule has 2 heterocycles. The Balaban J connectivity index is 1.46. The minimum absolute atomic E-state index is 0.0806. The lowest BCUT2D eigenvalue weighted by atomic mass is 9.81. The average Bonchev–Trinajstić information content (AvgIpc) is 3.21. The first-order chi connectivity index (χ1) is 14.0. The van der Waals surface area contributed by atoms with E-state index >= 15 is 0 Å². The molecule has 0 aromatic carbocycles. The normalized spacial score (nSPS) is 36.0. The molecule has 30 heavy (non-hydrogen) atoms. The third-order valence-electron chi connectivity index (χ3n) is 6.51. The number of primary amides is 1. The first-order valence-corrected chi connectivity index (χ1v) is 11.6. The van der Waals surface area contributed by atoms with Crippen molar-refractivity contribution < 1.29 is 27.6 Å². The molecule has 0 aromatic heterocycles. The van der Waals surface area contributed by atoms with Crippen molar-refractivity contribution in [2.45, 2.75) is 68.3 Å². The third-order valence-corrected chi connectivity index (χ3v) is 8.59. The van der Waals surface area contributed by atoms with Gasteiger partial charge in [0, 0.05) is 18.6 Å². The summed E-state index contributed by atoms with van der Waals surface area (Å²) in [4.78, 5) is 44.7. The summed E-state index contributed by atoms with van der Waals surface area (Å²) in [6, 6.07) is -0.791. The van der Waals surface area contributed by atoms with Crippen molar-refractivity contribution in [1.82, 2.24) is 25.3 Å². The predicted octanol–water partition coefficient (Wildman–Crippen LogP) is -1.85. The van der Waals surface area contributed by atoms with Gasteiger partial charge < -0.3 is 10.6 Å². The van der Waals surface area contributed by atoms with Crippen LogP contribution < -0.4 is 21.3 Å². The van der Waals surface area contributed by atoms with E-state index < -0.39 is 51.4 Å². The maximum absolute atomic E-state index is 13.2. The van der Waals surface area contributed by atoms with Crippen molar-refractivity contribution in [3.63, 3.8) is 0 Å². The summed E-state index contributed by atoms with van der Waals surface area (Å²) in [5.41, 5.74) is 7.35. The van der Waals surface area contributed by atoms with Gasteiger partial charge in [-0.15, -0.1) is 0 Å². The zero-order valence-corrected chi connectivity index (χ0v) is 17.8. The van der Waals surface area contributed by atoms with Gasteiger partial charge in [-0.3, -0.25) is 24.6 Å². The summed E-state index contributed by atoms with van der Waals surface area (Å²) in [5, 5.41) is 2.08. The van der Waals surface area contributed by atoms with Crippen LogP contribution in [0.3, 0.4) is 0 Å². The fraction of sp³-hybridized carbons (Fsp3) is 0.824. The fourth-order valence-electron chi connectivity index (χ4n) is 4.45. The van der Waals surface area contributed by atoms with Gasteiger partial charge in [-0.05, 0) is 39.0 Å². The largest absolute Gasteiger partial charge is 0.366 e. The molecule has 4 fully saturated rings. The molecular weight excluding hydrogens is 416 g/mol. The third kappa shape index (κ3) is 3.91. The number of nitrogens with zero attached hydrogens (tertiary/aromatic N) is 2. The number of hydroxylamine groups is 1. The Hall–Kier alpha value is -1.80. The van der Waals surface area contributed by atoms with Crippen LogP contribution in [0.2, 0.25) is 0 Å². The molecule has 2 saturated heterocycles. The van der Waals surface area contributed by atoms with Crippen molar-refractivity contribution >= 4 is 27.9 Å². The van der Waals surface area contributed by atoms with Gasteiger partial charge in [-0.25, -0.2) is 17.9 Å². The van der Waals surface area contributed by atoms with Crippen molar-refractivity contribution in [2.75, 3.05) is 13.6 Å². The smallest absolute Gasteiger partial charge is 0.326 e. The highest BCUT2D eigenvalue weighted by Crippen LogP contribution is 2.39. The molecule has 13 heteroatoms. The van der Waals surface area contributed by atoms with Gasteiger partial charge in [0.2, 0.25) is 22.2 Å². The number of fused-ring (bicyclic) bond motifs is 1. The summed E-state index contributed by atoms with van der Waals surface area (Å²) >= 11 is 0. The molecule has 2 saturated carbocycles. The van der Waals surface area contributed by atoms with Crippen molar-refractivity contribution in [3.05, 3.63) is 0 Å². The van der Waals surface area contributed by atoms with Gasteiger partial charge in [0.1, 0.15) is 6.17 Å². The average molecular weight is 445 g/mol. The van der Waals surface area contributed by atoms with E-state index in [1.54, 1.807) is 7.05 Å². The highest BCUT2D eigenvalue weighted by molar-refractivity contribution is 7.90. The number of sulfonamides is 1. The molecule has 0 aromatic rings. The monoisotopic (exact) mass is 444 g/mol. The van der Waals surface area contributed by atoms with Gasteiger partial charge in [0.15, 0.2) is 0 Å². The standard InChI is InChI=1S/C17H28N6O6S/c1-17(5-6-17)21-30(27,28)9-3-4-11-10(7-9)15(25)23(16(26)22(11)2)8-12-19-14(13(18)24)29-20-12/h9-12,14,19-21H,3-8H2,1-2H3,(H2,18,24). The lowest BCUT2D eigenvalue weighted by molar-refractivity contribution is -0.140. The molecule has 2 aliphatic carbocycles. The molecule has 2 aliphatic heterocycles. The van der Waals surface area contributed by atoms with E-state index in [2.05, 4.69) is 15.5 Å². The zero-order valence-electron chi connectivity index (χ0n) is 17.0. The van der Waals surface area contributed by atoms with Crippen LogP contribution in [-0.2, 0) is 24.4 Å². The highest BCUT2D eigenvalue weighted by atomic mass is 32.2. The SMILES string of the molecule is CN1C(=O)N(CC2NOC(C(N)=O)N2)C(=O)C2CC(S(=O)(=O)NC3(C)CC3)CCC21. The predicted molar refractivity (Wildman–Crippen MR) is 104 cm³/mol. The van der Waals surface area contributed by atoms with Crippen LogP contribution in [0.4, 0.5) is 4.79 Å². The molecule has 5 atom stereocenters. The zero-order chi connectivity index (χ0) is 21.8. The Morgan fingerprint density at radius 2 is 2.03 bits per heavy atom. The lowest BCUT2D eigenvalue weighted by Gasteiger charge is -2.47. The molecule has 4 rings (SSSR count). The minimum atomic E-state index is -3.56. The first kappa shape index (κ1) is 21.4. The lowest BCUT2D eigenvalue weighted by Crippen LogP contribution is -2.65. The van der Waals surface area contributed by atoms with Crippen molar-refractivity contribution in [1.29, 1.82) is 0 Å². The molecular formula is C17H28N6O6S. The Morgan fingerprint density at radius 1 is 1.33 bits per heavy atom.